The summed E-state index contributed by atoms with van der Waals surface area (Å²) in [4.78, 5) is 30.6. The van der Waals surface area contributed by atoms with E-state index >= 15 is 0 Å². The van der Waals surface area contributed by atoms with Crippen molar-refractivity contribution < 1.29 is 19.4 Å². The lowest BCUT2D eigenvalue weighted by Gasteiger charge is -2.38. The number of nitrogens with zero attached hydrogens (tertiary/aromatic N) is 6. The molecule has 1 aliphatic carbocycles. The fourth-order valence-corrected chi connectivity index (χ4v) is 5.63. The number of ether oxygens (including phenoxy) is 2. The number of hydrogen-bond donors (Lipinski definition) is 1. The topological polar surface area (TPSA) is 94.5 Å². The Balaban J connectivity index is 1.31. The van der Waals surface area contributed by atoms with Crippen molar-refractivity contribution >= 4 is 17.4 Å². The van der Waals surface area contributed by atoms with Gasteiger partial charge in [0.05, 0.1) is 25.5 Å². The number of hydrogen-bond acceptors (Lipinski definition) is 9. The standard InChI is InChI=1S/C31H44N6O4/c1-4-29(39)35-12-14-36(15-13-35)30-27-9-11-37(25-19-24(23-7-8-23)20-26(38)21-25)22-28(27)32-31(33-30)41-17-6-10-34(3)16-18-40-5-2/h4,19-21,23,38H,1,5-18,22H2,2-3H3. The maximum Gasteiger partial charge on any atom is 0.318 e. The van der Waals surface area contributed by atoms with Crippen molar-refractivity contribution in [2.45, 2.75) is 45.1 Å². The average Bonchev–Trinajstić information content (AvgIpc) is 3.84. The summed E-state index contributed by atoms with van der Waals surface area (Å²) >= 11 is 0. The zero-order valence-electron chi connectivity index (χ0n) is 24.6. The summed E-state index contributed by atoms with van der Waals surface area (Å²) in [6, 6.07) is 6.38. The Hall–Kier alpha value is -3.37. The summed E-state index contributed by atoms with van der Waals surface area (Å²) < 4.78 is 11.6. The number of fused-ring (bicyclic) bond motifs is 1. The molecule has 10 nitrogen and oxygen atoms in total. The predicted octanol–water partition coefficient (Wildman–Crippen LogP) is 3.19. The number of phenols is 1. The summed E-state index contributed by atoms with van der Waals surface area (Å²) in [6.45, 7) is 13.5. The van der Waals surface area contributed by atoms with Crippen molar-refractivity contribution in [3.63, 3.8) is 0 Å². The predicted molar refractivity (Wildman–Crippen MR) is 160 cm³/mol. The second-order valence-electron chi connectivity index (χ2n) is 11.2. The van der Waals surface area contributed by atoms with E-state index in [1.165, 1.54) is 24.5 Å². The van der Waals surface area contributed by atoms with Gasteiger partial charge in [0, 0.05) is 69.7 Å². The van der Waals surface area contributed by atoms with Crippen molar-refractivity contribution in [1.29, 1.82) is 0 Å². The summed E-state index contributed by atoms with van der Waals surface area (Å²) in [5, 5.41) is 10.4. The minimum atomic E-state index is -0.0306. The molecule has 1 N–H and O–H groups in total. The van der Waals surface area contributed by atoms with Gasteiger partial charge in [-0.1, -0.05) is 6.58 Å². The van der Waals surface area contributed by atoms with Crippen molar-refractivity contribution in [2.75, 3.05) is 82.5 Å². The monoisotopic (exact) mass is 564 g/mol. The molecule has 1 aromatic carbocycles. The van der Waals surface area contributed by atoms with Gasteiger partial charge in [-0.2, -0.15) is 9.97 Å². The van der Waals surface area contributed by atoms with Gasteiger partial charge in [0.15, 0.2) is 0 Å². The molecule has 1 amide bonds. The Morgan fingerprint density at radius 2 is 1.90 bits per heavy atom. The molecule has 1 aromatic heterocycles. The van der Waals surface area contributed by atoms with Gasteiger partial charge in [0.1, 0.15) is 11.6 Å². The highest BCUT2D eigenvalue weighted by atomic mass is 16.5. The molecule has 2 fully saturated rings. The molecule has 0 spiro atoms. The van der Waals surface area contributed by atoms with Gasteiger partial charge in [0.2, 0.25) is 5.91 Å². The largest absolute Gasteiger partial charge is 0.508 e. The van der Waals surface area contributed by atoms with Gasteiger partial charge in [-0.25, -0.2) is 0 Å². The van der Waals surface area contributed by atoms with E-state index in [4.69, 9.17) is 19.4 Å². The third-order valence-corrected chi connectivity index (χ3v) is 8.16. The van der Waals surface area contributed by atoms with Crippen molar-refractivity contribution in [1.82, 2.24) is 19.8 Å². The van der Waals surface area contributed by atoms with Crippen LogP contribution in [0.25, 0.3) is 0 Å². The van der Waals surface area contributed by atoms with Crippen molar-refractivity contribution in [3.8, 4) is 11.8 Å². The number of carbonyl (C=O) groups excluding carboxylic acids is 1. The quantitative estimate of drug-likeness (QED) is 0.291. The molecule has 222 valence electrons. The van der Waals surface area contributed by atoms with Gasteiger partial charge in [-0.05, 0) is 69.3 Å². The van der Waals surface area contributed by atoms with Crippen LogP contribution in [-0.2, 0) is 22.5 Å². The van der Waals surface area contributed by atoms with E-state index < -0.39 is 0 Å². The first kappa shape index (κ1) is 29.1. The molecule has 3 aliphatic rings. The molecule has 2 aromatic rings. The van der Waals surface area contributed by atoms with E-state index in [1.54, 1.807) is 0 Å². The molecular formula is C31H44N6O4. The SMILES string of the molecule is C=CC(=O)N1CCN(c2nc(OCCCN(C)CCOCC)nc3c2CCN(c2cc(O)cc(C4CC4)c2)C3)CC1. The summed E-state index contributed by atoms with van der Waals surface area (Å²) in [5.74, 6) is 1.77. The second-order valence-corrected chi connectivity index (χ2v) is 11.2. The first-order valence-electron chi connectivity index (χ1n) is 15.0. The zero-order chi connectivity index (χ0) is 28.8. The molecule has 0 bridgehead atoms. The summed E-state index contributed by atoms with van der Waals surface area (Å²) in [7, 11) is 2.09. The lowest BCUT2D eigenvalue weighted by Crippen LogP contribution is -2.49. The van der Waals surface area contributed by atoms with Gasteiger partial charge in [-0.15, -0.1) is 0 Å². The third kappa shape index (κ3) is 7.48. The molecule has 10 heteroatoms. The molecule has 2 aliphatic heterocycles. The highest BCUT2D eigenvalue weighted by Gasteiger charge is 2.30. The number of rotatable bonds is 13. The molecular weight excluding hydrogens is 520 g/mol. The Labute approximate surface area is 243 Å². The van der Waals surface area contributed by atoms with E-state index in [-0.39, 0.29) is 5.91 Å². The van der Waals surface area contributed by atoms with Crippen LogP contribution in [0.1, 0.15) is 48.9 Å². The Bertz CT molecular complexity index is 1210. The molecule has 41 heavy (non-hydrogen) atoms. The number of amides is 1. The normalized spacial score (nSPS) is 17.1. The van der Waals surface area contributed by atoms with Crippen molar-refractivity contribution in [2.24, 2.45) is 0 Å². The van der Waals surface area contributed by atoms with E-state index in [9.17, 15) is 9.90 Å². The van der Waals surface area contributed by atoms with Crippen LogP contribution in [0.2, 0.25) is 0 Å². The lowest BCUT2D eigenvalue weighted by atomic mass is 10.0. The molecule has 5 rings (SSSR count). The second kappa shape index (κ2) is 13.5. The first-order chi connectivity index (χ1) is 19.9. The molecule has 1 saturated carbocycles. The van der Waals surface area contributed by atoms with Crippen LogP contribution in [0.4, 0.5) is 11.5 Å². The van der Waals surface area contributed by atoms with Gasteiger partial charge < -0.3 is 34.2 Å². The third-order valence-electron chi connectivity index (χ3n) is 8.16. The van der Waals surface area contributed by atoms with Gasteiger partial charge in [-0.3, -0.25) is 4.79 Å². The van der Waals surface area contributed by atoms with E-state index in [0.717, 1.165) is 68.5 Å². The van der Waals surface area contributed by atoms with Crippen LogP contribution in [0.3, 0.4) is 0 Å². The molecule has 0 atom stereocenters. The smallest absolute Gasteiger partial charge is 0.318 e. The summed E-state index contributed by atoms with van der Waals surface area (Å²) in [5.41, 5.74) is 4.37. The highest BCUT2D eigenvalue weighted by Crippen LogP contribution is 2.43. The number of aromatic hydroxyl groups is 1. The van der Waals surface area contributed by atoms with Crippen LogP contribution in [0.5, 0.6) is 11.8 Å². The van der Waals surface area contributed by atoms with Crippen molar-refractivity contribution in [3.05, 3.63) is 47.7 Å². The van der Waals surface area contributed by atoms with E-state index in [2.05, 4.69) is 34.4 Å². The Kier molecular flexibility index (Phi) is 9.61. The number of piperazine rings is 1. The minimum Gasteiger partial charge on any atom is -0.508 e. The maximum atomic E-state index is 12.1. The van der Waals surface area contributed by atoms with Crippen LogP contribution >= 0.6 is 0 Å². The minimum absolute atomic E-state index is 0.0306. The van der Waals surface area contributed by atoms with E-state index in [0.29, 0.717) is 57.0 Å². The van der Waals surface area contributed by atoms with Gasteiger partial charge in [0.25, 0.3) is 0 Å². The molecule has 0 radical (unpaired) electrons. The number of phenolic OH excluding ortho intramolecular Hbond substituents is 1. The van der Waals surface area contributed by atoms with Gasteiger partial charge >= 0.3 is 6.01 Å². The first-order valence-corrected chi connectivity index (χ1v) is 15.0. The highest BCUT2D eigenvalue weighted by molar-refractivity contribution is 5.87. The number of carbonyl (C=O) groups is 1. The molecule has 3 heterocycles. The maximum absolute atomic E-state index is 12.1. The fraction of sp³-hybridized carbons (Fsp3) is 0.581. The van der Waals surface area contributed by atoms with Crippen LogP contribution < -0.4 is 14.5 Å². The number of aromatic nitrogens is 2. The molecule has 1 saturated heterocycles. The number of benzene rings is 1. The Morgan fingerprint density at radius 1 is 1.10 bits per heavy atom. The fourth-order valence-electron chi connectivity index (χ4n) is 5.63. The lowest BCUT2D eigenvalue weighted by molar-refractivity contribution is -0.126. The Morgan fingerprint density at radius 3 is 2.63 bits per heavy atom. The molecule has 0 unspecified atom stereocenters. The number of anilines is 2. The average molecular weight is 565 g/mol. The van der Waals surface area contributed by atoms with Crippen LogP contribution in [0.15, 0.2) is 30.9 Å². The zero-order valence-corrected chi connectivity index (χ0v) is 24.6. The van der Waals surface area contributed by atoms with Crippen LogP contribution in [-0.4, -0.2) is 103 Å². The van der Waals surface area contributed by atoms with E-state index in [1.807, 2.05) is 24.0 Å². The number of likely N-dealkylation sites (N-methyl/N-ethyl adjacent to an activating group) is 1. The summed E-state index contributed by atoms with van der Waals surface area (Å²) in [6.07, 6.45) is 5.43. The van der Waals surface area contributed by atoms with Crippen LogP contribution in [0, 0.1) is 0 Å².